The van der Waals surface area contributed by atoms with E-state index in [0.717, 1.165) is 18.9 Å². The molecule has 0 atom stereocenters. The van der Waals surface area contributed by atoms with Gasteiger partial charge in [0, 0.05) is 58.2 Å². The quantitative estimate of drug-likeness (QED) is 0.555. The minimum atomic E-state index is -3.40. The van der Waals surface area contributed by atoms with Crippen LogP contribution in [0.5, 0.6) is 0 Å². The molecule has 1 saturated heterocycles. The van der Waals surface area contributed by atoms with E-state index in [0.29, 0.717) is 31.9 Å². The maximum absolute atomic E-state index is 12.5. The molecule has 28 heavy (non-hydrogen) atoms. The monoisotopic (exact) mass is 406 g/mol. The number of pyridine rings is 1. The minimum absolute atomic E-state index is 0.137. The number of rotatable bonds is 6. The molecule has 10 heteroatoms. The Hall–Kier alpha value is -2.46. The molecule has 0 bridgehead atoms. The Kier molecular flexibility index (Phi) is 6.63. The van der Waals surface area contributed by atoms with Gasteiger partial charge in [-0.1, -0.05) is 5.16 Å². The van der Waals surface area contributed by atoms with Crippen molar-refractivity contribution in [1.29, 1.82) is 0 Å². The Morgan fingerprint density at radius 1 is 1.29 bits per heavy atom. The highest BCUT2D eigenvalue weighted by Gasteiger charge is 2.28. The molecule has 0 saturated carbocycles. The maximum Gasteiger partial charge on any atom is 0.220 e. The number of aryl methyl sites for hydroxylation is 1. The highest BCUT2D eigenvalue weighted by Crippen LogP contribution is 2.13. The molecule has 1 N–H and O–H groups in total. The van der Waals surface area contributed by atoms with Crippen LogP contribution in [-0.2, 0) is 22.2 Å². The summed E-state index contributed by atoms with van der Waals surface area (Å²) in [4.78, 5) is 10.5. The van der Waals surface area contributed by atoms with Crippen LogP contribution >= 0.6 is 0 Å². The van der Waals surface area contributed by atoms with Crippen LogP contribution in [0.3, 0.4) is 0 Å². The summed E-state index contributed by atoms with van der Waals surface area (Å²) in [5, 5.41) is 7.06. The lowest BCUT2D eigenvalue weighted by atomic mass is 10.1. The largest absolute Gasteiger partial charge is 0.364 e. The molecule has 152 valence electrons. The number of nitrogens with one attached hydrogen (secondary N) is 1. The van der Waals surface area contributed by atoms with E-state index in [2.05, 4.69) is 32.3 Å². The fourth-order valence-corrected chi connectivity index (χ4v) is 4.62. The van der Waals surface area contributed by atoms with Crippen LogP contribution in [0.15, 0.2) is 40.3 Å². The van der Waals surface area contributed by atoms with Crippen molar-refractivity contribution >= 4 is 16.0 Å². The van der Waals surface area contributed by atoms with Crippen molar-refractivity contribution in [2.75, 3.05) is 39.8 Å². The van der Waals surface area contributed by atoms with Crippen molar-refractivity contribution in [2.45, 2.75) is 19.1 Å². The van der Waals surface area contributed by atoms with Gasteiger partial charge in [0.05, 0.1) is 5.69 Å². The second kappa shape index (κ2) is 9.16. The highest BCUT2D eigenvalue weighted by atomic mass is 32.2. The molecule has 2 aromatic rings. The SMILES string of the molecule is CN=C(NCCc1ccncc1C)N1CCN(S(=O)(=O)Cc2ccon2)CC1. The van der Waals surface area contributed by atoms with Gasteiger partial charge in [-0.05, 0) is 30.5 Å². The van der Waals surface area contributed by atoms with E-state index in [-0.39, 0.29) is 5.75 Å². The summed E-state index contributed by atoms with van der Waals surface area (Å²) < 4.78 is 31.3. The van der Waals surface area contributed by atoms with Crippen molar-refractivity contribution in [1.82, 2.24) is 24.7 Å². The summed E-state index contributed by atoms with van der Waals surface area (Å²) in [6.07, 6.45) is 5.92. The van der Waals surface area contributed by atoms with Crippen molar-refractivity contribution < 1.29 is 12.9 Å². The van der Waals surface area contributed by atoms with E-state index < -0.39 is 10.0 Å². The van der Waals surface area contributed by atoms with Gasteiger partial charge in [0.15, 0.2) is 5.96 Å². The molecule has 0 amide bonds. The number of nitrogens with zero attached hydrogens (tertiary/aromatic N) is 5. The van der Waals surface area contributed by atoms with Crippen molar-refractivity contribution in [2.24, 2.45) is 4.99 Å². The zero-order chi connectivity index (χ0) is 20.0. The topological polar surface area (TPSA) is 104 Å². The molecule has 1 fully saturated rings. The summed E-state index contributed by atoms with van der Waals surface area (Å²) >= 11 is 0. The van der Waals surface area contributed by atoms with Gasteiger partial charge in [0.2, 0.25) is 10.0 Å². The number of sulfonamides is 1. The normalized spacial score (nSPS) is 16.4. The van der Waals surface area contributed by atoms with E-state index in [1.54, 1.807) is 19.3 Å². The molecule has 0 unspecified atom stereocenters. The van der Waals surface area contributed by atoms with Gasteiger partial charge >= 0.3 is 0 Å². The summed E-state index contributed by atoms with van der Waals surface area (Å²) in [6, 6.07) is 3.60. The average Bonchev–Trinajstić information content (AvgIpc) is 3.19. The van der Waals surface area contributed by atoms with E-state index >= 15 is 0 Å². The van der Waals surface area contributed by atoms with E-state index in [1.807, 2.05) is 12.3 Å². The lowest BCUT2D eigenvalue weighted by Crippen LogP contribution is -2.54. The standard InChI is InChI=1S/C18H26N6O3S/c1-15-13-20-6-3-16(15)4-7-21-18(19-2)23-8-10-24(11-9-23)28(25,26)14-17-5-12-27-22-17/h3,5-6,12-13H,4,7-11,14H2,1-2H3,(H,19,21). The first-order valence-corrected chi connectivity index (χ1v) is 10.8. The van der Waals surface area contributed by atoms with Crippen LogP contribution in [0.4, 0.5) is 0 Å². The zero-order valence-corrected chi connectivity index (χ0v) is 17.0. The van der Waals surface area contributed by atoms with Crippen molar-refractivity contribution in [3.8, 4) is 0 Å². The smallest absolute Gasteiger partial charge is 0.220 e. The summed E-state index contributed by atoms with van der Waals surface area (Å²) in [6.45, 7) is 4.82. The third-order valence-corrected chi connectivity index (χ3v) is 6.59. The summed E-state index contributed by atoms with van der Waals surface area (Å²) in [5.74, 6) is 0.655. The second-order valence-corrected chi connectivity index (χ2v) is 8.63. The van der Waals surface area contributed by atoms with Crippen LogP contribution < -0.4 is 5.32 Å². The second-order valence-electron chi connectivity index (χ2n) is 6.66. The molecule has 3 heterocycles. The first kappa shape index (κ1) is 20.3. The molecular weight excluding hydrogens is 380 g/mol. The molecule has 0 radical (unpaired) electrons. The van der Waals surface area contributed by atoms with E-state index in [4.69, 9.17) is 4.52 Å². The number of aliphatic imine (C=N–C) groups is 1. The number of piperazine rings is 1. The number of hydrogen-bond acceptors (Lipinski definition) is 6. The van der Waals surface area contributed by atoms with Crippen LogP contribution in [0.2, 0.25) is 0 Å². The molecule has 9 nitrogen and oxygen atoms in total. The third kappa shape index (κ3) is 5.08. The zero-order valence-electron chi connectivity index (χ0n) is 16.2. The first-order chi connectivity index (χ1) is 13.5. The van der Waals surface area contributed by atoms with E-state index in [9.17, 15) is 8.42 Å². The number of aromatic nitrogens is 2. The van der Waals surface area contributed by atoms with Crippen LogP contribution in [0.1, 0.15) is 16.8 Å². The van der Waals surface area contributed by atoms with Gasteiger partial charge in [0.1, 0.15) is 12.0 Å². The van der Waals surface area contributed by atoms with Gasteiger partial charge in [-0.3, -0.25) is 9.98 Å². The predicted molar refractivity (Wildman–Crippen MR) is 106 cm³/mol. The fraction of sp³-hybridized carbons (Fsp3) is 0.500. The Morgan fingerprint density at radius 3 is 2.71 bits per heavy atom. The fourth-order valence-electron chi connectivity index (χ4n) is 3.19. The molecule has 0 aromatic carbocycles. The molecule has 0 spiro atoms. The molecular formula is C18H26N6O3S. The number of guanidine groups is 1. The van der Waals surface area contributed by atoms with Gasteiger partial charge in [0.25, 0.3) is 0 Å². The van der Waals surface area contributed by atoms with Gasteiger partial charge in [-0.15, -0.1) is 0 Å². The van der Waals surface area contributed by atoms with E-state index in [1.165, 1.54) is 21.7 Å². The maximum atomic E-state index is 12.5. The molecule has 0 aliphatic carbocycles. The summed E-state index contributed by atoms with van der Waals surface area (Å²) in [7, 11) is -1.66. The molecule has 1 aliphatic rings. The minimum Gasteiger partial charge on any atom is -0.364 e. The lowest BCUT2D eigenvalue weighted by molar-refractivity contribution is 0.260. The summed E-state index contributed by atoms with van der Waals surface area (Å²) in [5.41, 5.74) is 2.85. The third-order valence-electron chi connectivity index (χ3n) is 4.78. The first-order valence-electron chi connectivity index (χ1n) is 9.22. The highest BCUT2D eigenvalue weighted by molar-refractivity contribution is 7.88. The Labute approximate surface area is 165 Å². The van der Waals surface area contributed by atoms with Crippen LogP contribution in [0.25, 0.3) is 0 Å². The molecule has 3 rings (SSSR count). The Bertz CT molecular complexity index is 890. The average molecular weight is 407 g/mol. The van der Waals surface area contributed by atoms with Gasteiger partial charge in [-0.2, -0.15) is 4.31 Å². The van der Waals surface area contributed by atoms with Crippen molar-refractivity contribution in [3.05, 3.63) is 47.6 Å². The Balaban J connectivity index is 1.49. The lowest BCUT2D eigenvalue weighted by Gasteiger charge is -2.35. The van der Waals surface area contributed by atoms with Crippen LogP contribution in [-0.4, -0.2) is 73.5 Å². The Morgan fingerprint density at radius 2 is 2.07 bits per heavy atom. The number of hydrogen-bond donors (Lipinski definition) is 1. The van der Waals surface area contributed by atoms with Gasteiger partial charge < -0.3 is 14.7 Å². The van der Waals surface area contributed by atoms with Gasteiger partial charge in [-0.25, -0.2) is 8.42 Å². The molecule has 1 aliphatic heterocycles. The predicted octanol–water partition coefficient (Wildman–Crippen LogP) is 0.644. The molecule has 2 aromatic heterocycles. The van der Waals surface area contributed by atoms with Crippen molar-refractivity contribution in [3.63, 3.8) is 0 Å². The van der Waals surface area contributed by atoms with Crippen LogP contribution in [0, 0.1) is 6.92 Å².